The fourth-order valence-electron chi connectivity index (χ4n) is 3.96. The van der Waals surface area contributed by atoms with Gasteiger partial charge in [0.05, 0.1) is 5.52 Å². The highest BCUT2D eigenvalue weighted by atomic mass is 79.9. The number of rotatable bonds is 6. The molecule has 0 saturated carbocycles. The van der Waals surface area contributed by atoms with Crippen molar-refractivity contribution in [1.29, 1.82) is 0 Å². The van der Waals surface area contributed by atoms with Gasteiger partial charge in [-0.2, -0.15) is 0 Å². The largest absolute Gasteiger partial charge is 0.484 e. The van der Waals surface area contributed by atoms with Crippen LogP contribution in [0.25, 0.3) is 10.9 Å². The van der Waals surface area contributed by atoms with Crippen molar-refractivity contribution >= 4 is 44.2 Å². The number of ether oxygens (including phenoxy) is 1. The Bertz CT molecular complexity index is 1090. The Hall–Kier alpha value is -2.64. The summed E-state index contributed by atoms with van der Waals surface area (Å²) in [6.45, 7) is 10.6. The fourth-order valence-corrected chi connectivity index (χ4v) is 4.22. The Morgan fingerprint density at radius 2 is 1.81 bits per heavy atom. The molecule has 0 atom stereocenters. The summed E-state index contributed by atoms with van der Waals surface area (Å²) >= 11 is 3.39. The van der Waals surface area contributed by atoms with Gasteiger partial charge in [-0.3, -0.25) is 9.69 Å². The second-order valence-corrected chi connectivity index (χ2v) is 9.35. The zero-order chi connectivity index (χ0) is 22.7. The number of benzene rings is 2. The lowest BCUT2D eigenvalue weighted by Gasteiger charge is -2.37. The topological polar surface area (TPSA) is 57.7 Å². The highest BCUT2D eigenvalue weighted by Gasteiger charge is 2.20. The first-order valence-corrected chi connectivity index (χ1v) is 11.8. The fraction of sp³-hybridized carbons (Fsp3) is 0.360. The Labute approximate surface area is 197 Å². The maximum absolute atomic E-state index is 12.3. The maximum Gasteiger partial charge on any atom is 0.262 e. The van der Waals surface area contributed by atoms with Gasteiger partial charge in [-0.05, 0) is 74.9 Å². The van der Waals surface area contributed by atoms with Crippen LogP contribution in [0.2, 0.25) is 0 Å². The lowest BCUT2D eigenvalue weighted by atomic mass is 10.1. The first-order valence-electron chi connectivity index (χ1n) is 11.0. The normalized spacial score (nSPS) is 14.7. The Morgan fingerprint density at radius 3 is 2.50 bits per heavy atom. The number of amides is 1. The summed E-state index contributed by atoms with van der Waals surface area (Å²) in [5.41, 5.74) is 2.83. The predicted molar refractivity (Wildman–Crippen MR) is 134 cm³/mol. The second-order valence-electron chi connectivity index (χ2n) is 8.44. The van der Waals surface area contributed by atoms with Crippen molar-refractivity contribution in [2.75, 3.05) is 43.0 Å². The molecule has 1 aromatic heterocycles. The molecule has 0 unspecified atom stereocenters. The monoisotopic (exact) mass is 496 g/mol. The average Bonchev–Trinajstić information content (AvgIpc) is 2.79. The molecule has 1 aliphatic heterocycles. The molecular formula is C25H29BrN4O2. The van der Waals surface area contributed by atoms with Crippen LogP contribution in [-0.2, 0) is 4.79 Å². The summed E-state index contributed by atoms with van der Waals surface area (Å²) in [7, 11) is 0. The number of piperazine rings is 1. The van der Waals surface area contributed by atoms with E-state index in [1.54, 1.807) is 0 Å². The molecule has 3 aromatic rings. The zero-order valence-corrected chi connectivity index (χ0v) is 20.4. The summed E-state index contributed by atoms with van der Waals surface area (Å²) in [4.78, 5) is 22.1. The Morgan fingerprint density at radius 1 is 1.09 bits per heavy atom. The number of halogens is 1. The van der Waals surface area contributed by atoms with Gasteiger partial charge in [-0.15, -0.1) is 0 Å². The van der Waals surface area contributed by atoms with Crippen LogP contribution in [0.4, 0.5) is 11.5 Å². The van der Waals surface area contributed by atoms with Crippen molar-refractivity contribution in [2.24, 2.45) is 0 Å². The van der Waals surface area contributed by atoms with Gasteiger partial charge in [-0.25, -0.2) is 4.98 Å². The number of hydrogen-bond acceptors (Lipinski definition) is 5. The molecule has 1 aliphatic rings. The van der Waals surface area contributed by atoms with Crippen LogP contribution in [-0.4, -0.2) is 54.6 Å². The van der Waals surface area contributed by atoms with Crippen LogP contribution in [0.15, 0.2) is 53.0 Å². The SMILES string of the molecule is Cc1cc(N2CCN(C(C)C)CC2)nc2ccc(NC(=O)COc3ccc(Br)cc3)cc12. The first-order chi connectivity index (χ1) is 15.4. The van der Waals surface area contributed by atoms with Gasteiger partial charge in [0.1, 0.15) is 11.6 Å². The number of nitrogens with zero attached hydrogens (tertiary/aromatic N) is 3. The van der Waals surface area contributed by atoms with Crippen LogP contribution in [0.5, 0.6) is 5.75 Å². The van der Waals surface area contributed by atoms with Crippen molar-refractivity contribution < 1.29 is 9.53 Å². The van der Waals surface area contributed by atoms with Gasteiger partial charge in [0.2, 0.25) is 0 Å². The van der Waals surface area contributed by atoms with Crippen LogP contribution >= 0.6 is 15.9 Å². The van der Waals surface area contributed by atoms with Gasteiger partial charge in [0.25, 0.3) is 5.91 Å². The Balaban J connectivity index is 1.41. The van der Waals surface area contributed by atoms with Gasteiger partial charge < -0.3 is 15.0 Å². The number of hydrogen-bond donors (Lipinski definition) is 1. The van der Waals surface area contributed by atoms with Crippen LogP contribution in [0.3, 0.4) is 0 Å². The molecule has 2 heterocycles. The van der Waals surface area contributed by atoms with E-state index in [1.165, 1.54) is 0 Å². The van der Waals surface area contributed by atoms with E-state index < -0.39 is 0 Å². The number of fused-ring (bicyclic) bond motifs is 1. The van der Waals surface area contributed by atoms with Crippen molar-refractivity contribution in [3.63, 3.8) is 0 Å². The standard InChI is InChI=1S/C25H29BrN4O2/c1-17(2)29-10-12-30(13-11-29)24-14-18(3)22-15-20(6-9-23(22)28-24)27-25(31)16-32-21-7-4-19(26)5-8-21/h4-9,14-15,17H,10-13,16H2,1-3H3,(H,27,31). The molecule has 6 nitrogen and oxygen atoms in total. The highest BCUT2D eigenvalue weighted by Crippen LogP contribution is 2.26. The van der Waals surface area contributed by atoms with Crippen molar-refractivity contribution in [2.45, 2.75) is 26.8 Å². The quantitative estimate of drug-likeness (QED) is 0.528. The molecule has 32 heavy (non-hydrogen) atoms. The third-order valence-corrected chi connectivity index (χ3v) is 6.37. The van der Waals surface area contributed by atoms with E-state index in [1.807, 2.05) is 42.5 Å². The lowest BCUT2D eigenvalue weighted by molar-refractivity contribution is -0.118. The number of anilines is 2. The number of nitrogens with one attached hydrogen (secondary N) is 1. The first kappa shape index (κ1) is 22.6. The molecule has 1 fully saturated rings. The molecule has 1 N–H and O–H groups in total. The zero-order valence-electron chi connectivity index (χ0n) is 18.8. The molecule has 0 bridgehead atoms. The Kier molecular flexibility index (Phi) is 6.96. The van der Waals surface area contributed by atoms with E-state index >= 15 is 0 Å². The van der Waals surface area contributed by atoms with Crippen molar-refractivity contribution in [3.05, 3.63) is 58.6 Å². The maximum atomic E-state index is 12.3. The smallest absolute Gasteiger partial charge is 0.262 e. The second kappa shape index (κ2) is 9.88. The molecule has 7 heteroatoms. The van der Waals surface area contributed by atoms with E-state index in [9.17, 15) is 4.79 Å². The summed E-state index contributed by atoms with van der Waals surface area (Å²) < 4.78 is 6.53. The molecule has 0 spiro atoms. The molecule has 1 amide bonds. The average molecular weight is 497 g/mol. The minimum atomic E-state index is -0.197. The summed E-state index contributed by atoms with van der Waals surface area (Å²) in [5.74, 6) is 1.49. The lowest BCUT2D eigenvalue weighted by Crippen LogP contribution is -2.49. The van der Waals surface area contributed by atoms with Gasteiger partial charge in [0, 0.05) is 47.8 Å². The van der Waals surface area contributed by atoms with Crippen LogP contribution in [0.1, 0.15) is 19.4 Å². The van der Waals surface area contributed by atoms with Crippen LogP contribution in [0, 0.1) is 6.92 Å². The molecule has 4 rings (SSSR count). The van der Waals surface area contributed by atoms with Gasteiger partial charge in [-0.1, -0.05) is 15.9 Å². The minimum absolute atomic E-state index is 0.0435. The van der Waals surface area contributed by atoms with E-state index in [0.29, 0.717) is 11.8 Å². The summed E-state index contributed by atoms with van der Waals surface area (Å²) in [6, 6.07) is 16.0. The van der Waals surface area contributed by atoms with Crippen molar-refractivity contribution in [1.82, 2.24) is 9.88 Å². The van der Waals surface area contributed by atoms with E-state index in [2.05, 4.69) is 57.9 Å². The number of carbonyl (C=O) groups excluding carboxylic acids is 1. The van der Waals surface area contributed by atoms with Crippen molar-refractivity contribution in [3.8, 4) is 5.75 Å². The molecule has 168 valence electrons. The van der Waals surface area contributed by atoms with Gasteiger partial charge >= 0.3 is 0 Å². The number of pyridine rings is 1. The van der Waals surface area contributed by atoms with E-state index in [4.69, 9.17) is 9.72 Å². The molecule has 2 aromatic carbocycles. The third kappa shape index (κ3) is 5.40. The van der Waals surface area contributed by atoms with E-state index in [0.717, 1.165) is 58.6 Å². The predicted octanol–water partition coefficient (Wildman–Crippen LogP) is 4.85. The third-order valence-electron chi connectivity index (χ3n) is 5.84. The number of aromatic nitrogens is 1. The molecule has 0 radical (unpaired) electrons. The van der Waals surface area contributed by atoms with Crippen LogP contribution < -0.4 is 15.0 Å². The summed E-state index contributed by atoms with van der Waals surface area (Å²) in [6.07, 6.45) is 0. The number of carbonyl (C=O) groups is 1. The highest BCUT2D eigenvalue weighted by molar-refractivity contribution is 9.10. The molecular weight excluding hydrogens is 468 g/mol. The van der Waals surface area contributed by atoms with E-state index in [-0.39, 0.29) is 12.5 Å². The molecule has 1 saturated heterocycles. The number of aryl methyl sites for hydroxylation is 1. The van der Waals surface area contributed by atoms with Gasteiger partial charge in [0.15, 0.2) is 6.61 Å². The summed E-state index contributed by atoms with van der Waals surface area (Å²) in [5, 5.41) is 3.96. The minimum Gasteiger partial charge on any atom is -0.484 e. The molecule has 0 aliphatic carbocycles.